The summed E-state index contributed by atoms with van der Waals surface area (Å²) in [7, 11) is 1.45. The number of phosphoric ester groups is 1. The number of esters is 2. The Morgan fingerprint density at radius 2 is 0.626 bits per heavy atom. The first-order chi connectivity index (χ1) is 44.5. The van der Waals surface area contributed by atoms with Gasteiger partial charge in [-0.1, -0.05) is 347 Å². The molecule has 0 bridgehead atoms. The van der Waals surface area contributed by atoms with Crippen LogP contribution >= 0.6 is 7.82 Å². The highest BCUT2D eigenvalue weighted by Crippen LogP contribution is 2.43. The van der Waals surface area contributed by atoms with Gasteiger partial charge in [0.1, 0.15) is 19.8 Å². The molecule has 0 aliphatic rings. The summed E-state index contributed by atoms with van der Waals surface area (Å²) in [6, 6.07) is 0. The molecule has 1 N–H and O–H groups in total. The Morgan fingerprint density at radius 3 is 0.934 bits per heavy atom. The summed E-state index contributed by atoms with van der Waals surface area (Å²) in [6.45, 7) is 4.32. The zero-order chi connectivity index (χ0) is 66.2. The van der Waals surface area contributed by atoms with Crippen molar-refractivity contribution >= 4 is 19.8 Å². The Balaban J connectivity index is 4.09. The molecule has 0 radical (unpaired) electrons. The zero-order valence-corrected chi connectivity index (χ0v) is 60.7. The molecule has 2 atom stereocenters. The second-order valence-electron chi connectivity index (χ2n) is 26.3. The third-order valence-electron chi connectivity index (χ3n) is 16.3. The van der Waals surface area contributed by atoms with Gasteiger partial charge in [-0.25, -0.2) is 4.57 Å². The van der Waals surface area contributed by atoms with Crippen LogP contribution < -0.4 is 0 Å². The predicted molar refractivity (Wildman–Crippen MR) is 394 cm³/mol. The monoisotopic (exact) mass is 1290 g/mol. The maximum Gasteiger partial charge on any atom is 0.472 e. The van der Waals surface area contributed by atoms with Crippen molar-refractivity contribution in [2.45, 2.75) is 335 Å². The van der Waals surface area contributed by atoms with Gasteiger partial charge in [0.15, 0.2) is 6.10 Å². The van der Waals surface area contributed by atoms with Crippen molar-refractivity contribution in [1.82, 2.24) is 0 Å². The molecular weight excluding hydrogens is 1150 g/mol. The number of nitrogens with zero attached hydrogens (tertiary/aromatic N) is 1. The Bertz CT molecular complexity index is 1950. The van der Waals surface area contributed by atoms with Gasteiger partial charge < -0.3 is 18.9 Å². The molecule has 0 aromatic heterocycles. The summed E-state index contributed by atoms with van der Waals surface area (Å²) in [5.41, 5.74) is 0. The molecule has 0 aromatic rings. The van der Waals surface area contributed by atoms with Crippen molar-refractivity contribution in [3.8, 4) is 0 Å². The fraction of sp³-hybridized carbons (Fsp3) is 0.728. The minimum Gasteiger partial charge on any atom is -0.462 e. The van der Waals surface area contributed by atoms with E-state index in [9.17, 15) is 19.0 Å². The van der Waals surface area contributed by atoms with Gasteiger partial charge in [-0.2, -0.15) is 0 Å². The van der Waals surface area contributed by atoms with Crippen molar-refractivity contribution < 1.29 is 42.1 Å². The quantitative estimate of drug-likeness (QED) is 0.0211. The Morgan fingerprint density at radius 1 is 0.352 bits per heavy atom. The smallest absolute Gasteiger partial charge is 0.462 e. The molecule has 10 heteroatoms. The largest absolute Gasteiger partial charge is 0.472 e. The summed E-state index contributed by atoms with van der Waals surface area (Å²) in [5.74, 6) is -0.821. The first kappa shape index (κ1) is 87.4. The van der Waals surface area contributed by atoms with Crippen LogP contribution in [0.15, 0.2) is 122 Å². The highest BCUT2D eigenvalue weighted by molar-refractivity contribution is 7.47. The van der Waals surface area contributed by atoms with E-state index in [0.717, 1.165) is 109 Å². The fourth-order valence-electron chi connectivity index (χ4n) is 10.5. The van der Waals surface area contributed by atoms with Crippen molar-refractivity contribution in [3.05, 3.63) is 122 Å². The molecule has 0 amide bonds. The van der Waals surface area contributed by atoms with Crippen LogP contribution in [0.2, 0.25) is 0 Å². The highest BCUT2D eigenvalue weighted by Gasteiger charge is 2.27. The summed E-state index contributed by atoms with van der Waals surface area (Å²) in [5, 5.41) is 0. The van der Waals surface area contributed by atoms with Crippen LogP contribution in [0.3, 0.4) is 0 Å². The van der Waals surface area contributed by atoms with E-state index < -0.39 is 26.5 Å². The first-order valence-corrected chi connectivity index (χ1v) is 39.3. The van der Waals surface area contributed by atoms with Crippen molar-refractivity contribution in [2.24, 2.45) is 0 Å². The Labute approximate surface area is 562 Å². The van der Waals surface area contributed by atoms with E-state index in [1.807, 2.05) is 21.1 Å². The average Bonchev–Trinajstić information content (AvgIpc) is 3.73. The number of phosphoric acid groups is 1. The number of carbonyl (C=O) groups is 2. The van der Waals surface area contributed by atoms with E-state index in [4.69, 9.17) is 18.5 Å². The highest BCUT2D eigenvalue weighted by atomic mass is 31.2. The second-order valence-corrected chi connectivity index (χ2v) is 27.8. The SMILES string of the molecule is CC/C=C\C/C=C\C/C=C\C/C=C\C/C=C\C/C=C\C/C=C\C/C=C\C/C=C\C/C=C\CCCCCCC(=O)OC(COC(=O)CCCCCCCCCCCCCCCCCCCCCCCCCCCCCCCCCC)COP(=O)(O)OCC[N+](C)(C)C. The average molecular weight is 1290 g/mol. The molecule has 0 aliphatic heterocycles. The number of likely N-dealkylation sites (N-methyl/N-ethyl adjacent to an activating group) is 1. The molecule has 91 heavy (non-hydrogen) atoms. The van der Waals surface area contributed by atoms with E-state index in [2.05, 4.69) is 135 Å². The second kappa shape index (κ2) is 70.7. The topological polar surface area (TPSA) is 108 Å². The molecule has 2 unspecified atom stereocenters. The van der Waals surface area contributed by atoms with Gasteiger partial charge in [-0.3, -0.25) is 18.6 Å². The number of ether oxygens (including phenoxy) is 2. The van der Waals surface area contributed by atoms with Crippen LogP contribution in [-0.4, -0.2) is 74.9 Å². The zero-order valence-electron chi connectivity index (χ0n) is 59.8. The van der Waals surface area contributed by atoms with Gasteiger partial charge in [0.25, 0.3) is 0 Å². The lowest BCUT2D eigenvalue weighted by molar-refractivity contribution is -0.870. The number of hydrogen-bond donors (Lipinski definition) is 1. The molecule has 0 fully saturated rings. The lowest BCUT2D eigenvalue weighted by Crippen LogP contribution is -2.37. The van der Waals surface area contributed by atoms with Crippen LogP contribution in [0.25, 0.3) is 0 Å². The number of carbonyl (C=O) groups excluding carboxylic acids is 2. The first-order valence-electron chi connectivity index (χ1n) is 37.8. The van der Waals surface area contributed by atoms with E-state index in [-0.39, 0.29) is 32.0 Å². The van der Waals surface area contributed by atoms with E-state index in [1.165, 1.54) is 186 Å². The molecule has 0 aliphatic carbocycles. The molecule has 0 spiro atoms. The van der Waals surface area contributed by atoms with Crippen LogP contribution in [0, 0.1) is 0 Å². The maximum absolute atomic E-state index is 12.9. The number of allylic oxidation sites excluding steroid dienone is 20. The standard InChI is InChI=1S/C81H142NO8P/c1-6-8-10-12-14-16-18-20-22-24-26-28-30-32-34-36-38-40-41-42-44-46-48-50-52-54-56-58-60-62-64-66-68-70-72-74-81(84)90-79(78-89-91(85,86)88-76-75-82(3,4)5)77-87-80(83)73-71-69-67-65-63-61-59-57-55-53-51-49-47-45-43-39-37-35-33-31-29-27-25-23-21-19-17-15-13-11-9-7-2/h8,10,14,16,20,22,26,28,32,34,38,40,42,44,48,50,54,56,60,62,79H,6-7,9,11-13,15,17-19,21,23-25,27,29-31,33,35-37,39,41,43,45-47,49,51-53,55,57-59,61,63-78H2,1-5H3/p+1/b10-8-,16-14-,22-20-,28-26-,34-32-,40-38-,44-42-,50-48-,56-54-,62-60-. The summed E-state index contributed by atoms with van der Waals surface area (Å²) in [6.07, 6.45) is 102. The molecule has 0 aromatic carbocycles. The third kappa shape index (κ3) is 75.3. The van der Waals surface area contributed by atoms with Crippen molar-refractivity contribution in [2.75, 3.05) is 47.5 Å². The van der Waals surface area contributed by atoms with Gasteiger partial charge in [0.05, 0.1) is 27.7 Å². The Hall–Kier alpha value is -3.59. The van der Waals surface area contributed by atoms with Crippen LogP contribution in [0.1, 0.15) is 328 Å². The number of quaternary nitrogens is 1. The normalized spacial score (nSPS) is 13.8. The minimum atomic E-state index is -4.41. The molecule has 0 rings (SSSR count). The summed E-state index contributed by atoms with van der Waals surface area (Å²) < 4.78 is 34.7. The molecule has 524 valence electrons. The van der Waals surface area contributed by atoms with Crippen LogP contribution in [0.5, 0.6) is 0 Å². The third-order valence-corrected chi connectivity index (χ3v) is 17.2. The summed E-state index contributed by atoms with van der Waals surface area (Å²) >= 11 is 0. The lowest BCUT2D eigenvalue weighted by atomic mass is 10.0. The number of hydrogen-bond acceptors (Lipinski definition) is 7. The molecule has 0 saturated heterocycles. The van der Waals surface area contributed by atoms with Gasteiger partial charge >= 0.3 is 19.8 Å². The van der Waals surface area contributed by atoms with Gasteiger partial charge in [0, 0.05) is 12.8 Å². The molecule has 0 saturated carbocycles. The van der Waals surface area contributed by atoms with E-state index in [0.29, 0.717) is 17.4 Å². The lowest BCUT2D eigenvalue weighted by Gasteiger charge is -2.24. The minimum absolute atomic E-state index is 0.0217. The van der Waals surface area contributed by atoms with Gasteiger partial charge in [-0.15, -0.1) is 0 Å². The van der Waals surface area contributed by atoms with Gasteiger partial charge in [0.2, 0.25) is 0 Å². The molecular formula is C81H143NO8P+. The van der Waals surface area contributed by atoms with Crippen molar-refractivity contribution in [1.29, 1.82) is 0 Å². The maximum atomic E-state index is 12.9. The summed E-state index contributed by atoms with van der Waals surface area (Å²) in [4.78, 5) is 35.9. The number of unbranched alkanes of at least 4 members (excludes halogenated alkanes) is 35. The fourth-order valence-corrected chi connectivity index (χ4v) is 11.3. The molecule has 0 heterocycles. The van der Waals surface area contributed by atoms with E-state index >= 15 is 0 Å². The molecule has 9 nitrogen and oxygen atoms in total. The van der Waals surface area contributed by atoms with Crippen LogP contribution in [0.4, 0.5) is 0 Å². The van der Waals surface area contributed by atoms with Gasteiger partial charge in [-0.05, 0) is 89.9 Å². The Kier molecular flexibility index (Phi) is 67.9. The van der Waals surface area contributed by atoms with Crippen LogP contribution in [-0.2, 0) is 32.7 Å². The number of rotatable bonds is 69. The van der Waals surface area contributed by atoms with E-state index in [1.54, 1.807) is 0 Å². The predicted octanol–water partition coefficient (Wildman–Crippen LogP) is 25.0. The van der Waals surface area contributed by atoms with Crippen molar-refractivity contribution in [3.63, 3.8) is 0 Å².